The summed E-state index contributed by atoms with van der Waals surface area (Å²) in [5.74, 6) is -0.492. The second-order valence-corrected chi connectivity index (χ2v) is 6.51. The van der Waals surface area contributed by atoms with Crippen LogP contribution in [0.5, 0.6) is 0 Å². The smallest absolute Gasteiger partial charge is 0.252 e. The van der Waals surface area contributed by atoms with Gasteiger partial charge in [0.25, 0.3) is 5.91 Å². The van der Waals surface area contributed by atoms with Crippen molar-refractivity contribution in [2.24, 2.45) is 0 Å². The molecular formula is C18H23N3O4. The fraction of sp³-hybridized carbons (Fsp3) is 0.500. The highest BCUT2D eigenvalue weighted by Gasteiger charge is 2.38. The van der Waals surface area contributed by atoms with Crippen LogP contribution in [0.3, 0.4) is 0 Å². The zero-order valence-electron chi connectivity index (χ0n) is 14.3. The lowest BCUT2D eigenvalue weighted by Crippen LogP contribution is -2.56. The second kappa shape index (κ2) is 7.65. The summed E-state index contributed by atoms with van der Waals surface area (Å²) in [7, 11) is 0. The zero-order valence-corrected chi connectivity index (χ0v) is 14.3. The van der Waals surface area contributed by atoms with Gasteiger partial charge in [0, 0.05) is 24.8 Å². The minimum absolute atomic E-state index is 0.00943. The fourth-order valence-electron chi connectivity index (χ4n) is 3.31. The summed E-state index contributed by atoms with van der Waals surface area (Å²) < 4.78 is 5.63. The molecule has 3 rings (SSSR count). The lowest BCUT2D eigenvalue weighted by Gasteiger charge is -2.41. The topological polar surface area (TPSA) is 87.7 Å². The standard InChI is InChI=1S/C18H23N3O4/c1-12(22)19-13-5-7-14(8-6-13)20-17(23)10-16-18(24)21-9-3-2-4-15(21)11-25-16/h5-8,15-16H,2-4,9-11H2,1H3,(H,19,22)(H,20,23). The number of fused-ring (bicyclic) bond motifs is 1. The Labute approximate surface area is 146 Å². The molecule has 2 N–H and O–H groups in total. The van der Waals surface area contributed by atoms with Crippen LogP contribution in [0.2, 0.25) is 0 Å². The van der Waals surface area contributed by atoms with E-state index in [0.29, 0.717) is 18.0 Å². The number of hydrogen-bond donors (Lipinski definition) is 2. The van der Waals surface area contributed by atoms with E-state index in [0.717, 1.165) is 25.8 Å². The van der Waals surface area contributed by atoms with Crippen LogP contribution >= 0.6 is 0 Å². The lowest BCUT2D eigenvalue weighted by molar-refractivity contribution is -0.163. The van der Waals surface area contributed by atoms with Crippen molar-refractivity contribution >= 4 is 29.1 Å². The maximum Gasteiger partial charge on any atom is 0.252 e. The average Bonchev–Trinajstić information content (AvgIpc) is 2.59. The molecule has 2 unspecified atom stereocenters. The first-order valence-corrected chi connectivity index (χ1v) is 8.62. The zero-order chi connectivity index (χ0) is 17.8. The molecule has 2 aliphatic rings. The minimum Gasteiger partial charge on any atom is -0.366 e. The number of rotatable bonds is 4. The molecule has 0 bridgehead atoms. The molecule has 0 aliphatic carbocycles. The van der Waals surface area contributed by atoms with Crippen LogP contribution in [0.25, 0.3) is 0 Å². The molecule has 7 nitrogen and oxygen atoms in total. The van der Waals surface area contributed by atoms with Gasteiger partial charge in [-0.2, -0.15) is 0 Å². The molecule has 0 radical (unpaired) electrons. The molecular weight excluding hydrogens is 322 g/mol. The summed E-state index contributed by atoms with van der Waals surface area (Å²) in [4.78, 5) is 37.6. The molecule has 2 heterocycles. The number of nitrogens with one attached hydrogen (secondary N) is 2. The molecule has 1 aromatic rings. The van der Waals surface area contributed by atoms with Gasteiger partial charge in [-0.25, -0.2) is 0 Å². The third-order valence-corrected chi connectivity index (χ3v) is 4.54. The number of nitrogens with zero attached hydrogens (tertiary/aromatic N) is 1. The highest BCUT2D eigenvalue weighted by Crippen LogP contribution is 2.24. The van der Waals surface area contributed by atoms with Gasteiger partial charge in [0.2, 0.25) is 11.8 Å². The predicted octanol–water partition coefficient (Wildman–Crippen LogP) is 1.75. The largest absolute Gasteiger partial charge is 0.366 e. The lowest BCUT2D eigenvalue weighted by atomic mass is 9.99. The number of carbonyl (C=O) groups is 3. The normalized spacial score (nSPS) is 22.9. The number of morpholine rings is 1. The van der Waals surface area contributed by atoms with E-state index in [2.05, 4.69) is 10.6 Å². The van der Waals surface area contributed by atoms with Crippen LogP contribution in [0.4, 0.5) is 11.4 Å². The number of anilines is 2. The Morgan fingerprint density at radius 2 is 1.84 bits per heavy atom. The molecule has 2 atom stereocenters. The Morgan fingerprint density at radius 3 is 2.52 bits per heavy atom. The van der Waals surface area contributed by atoms with E-state index in [1.807, 2.05) is 4.90 Å². The molecule has 1 aromatic carbocycles. The van der Waals surface area contributed by atoms with Crippen molar-refractivity contribution < 1.29 is 19.1 Å². The predicted molar refractivity (Wildman–Crippen MR) is 93.1 cm³/mol. The van der Waals surface area contributed by atoms with Gasteiger partial charge in [0.15, 0.2) is 0 Å². The van der Waals surface area contributed by atoms with Gasteiger partial charge in [0.05, 0.1) is 19.1 Å². The molecule has 7 heteroatoms. The number of piperidine rings is 1. The highest BCUT2D eigenvalue weighted by molar-refractivity contribution is 5.95. The van der Waals surface area contributed by atoms with Crippen molar-refractivity contribution in [3.05, 3.63) is 24.3 Å². The Hall–Kier alpha value is -2.41. The maximum absolute atomic E-state index is 12.5. The number of hydrogen-bond acceptors (Lipinski definition) is 4. The first kappa shape index (κ1) is 17.4. The molecule has 2 saturated heterocycles. The summed E-state index contributed by atoms with van der Waals surface area (Å²) in [6, 6.07) is 6.98. The van der Waals surface area contributed by atoms with Crippen molar-refractivity contribution in [3.63, 3.8) is 0 Å². The van der Waals surface area contributed by atoms with E-state index >= 15 is 0 Å². The monoisotopic (exact) mass is 345 g/mol. The van der Waals surface area contributed by atoms with Gasteiger partial charge < -0.3 is 20.3 Å². The number of amides is 3. The Morgan fingerprint density at radius 1 is 1.16 bits per heavy atom. The van der Waals surface area contributed by atoms with Gasteiger partial charge in [-0.3, -0.25) is 14.4 Å². The van der Waals surface area contributed by atoms with Gasteiger partial charge in [-0.05, 0) is 43.5 Å². The van der Waals surface area contributed by atoms with Crippen molar-refractivity contribution in [1.82, 2.24) is 4.90 Å². The van der Waals surface area contributed by atoms with E-state index in [9.17, 15) is 14.4 Å². The van der Waals surface area contributed by atoms with E-state index in [4.69, 9.17) is 4.74 Å². The van der Waals surface area contributed by atoms with Gasteiger partial charge >= 0.3 is 0 Å². The molecule has 3 amide bonds. The molecule has 0 saturated carbocycles. The van der Waals surface area contributed by atoms with Crippen LogP contribution in [0.1, 0.15) is 32.6 Å². The van der Waals surface area contributed by atoms with Gasteiger partial charge in [0.1, 0.15) is 6.10 Å². The SMILES string of the molecule is CC(=O)Nc1ccc(NC(=O)CC2OCC3CCCCN3C2=O)cc1. The van der Waals surface area contributed by atoms with Crippen LogP contribution < -0.4 is 10.6 Å². The molecule has 2 aliphatic heterocycles. The molecule has 134 valence electrons. The minimum atomic E-state index is -0.701. The Balaban J connectivity index is 1.53. The maximum atomic E-state index is 12.5. The van der Waals surface area contributed by atoms with E-state index in [-0.39, 0.29) is 30.2 Å². The number of carbonyl (C=O) groups excluding carboxylic acids is 3. The number of benzene rings is 1. The van der Waals surface area contributed by atoms with E-state index < -0.39 is 6.10 Å². The first-order chi connectivity index (χ1) is 12.0. The summed E-state index contributed by atoms with van der Waals surface area (Å²) in [5.41, 5.74) is 1.27. The molecule has 0 aromatic heterocycles. The van der Waals surface area contributed by atoms with Crippen LogP contribution in [0.15, 0.2) is 24.3 Å². The van der Waals surface area contributed by atoms with Gasteiger partial charge in [-0.15, -0.1) is 0 Å². The molecule has 2 fully saturated rings. The van der Waals surface area contributed by atoms with Crippen LogP contribution in [0, 0.1) is 0 Å². The summed E-state index contributed by atoms with van der Waals surface area (Å²) >= 11 is 0. The Kier molecular flexibility index (Phi) is 5.33. The van der Waals surface area contributed by atoms with E-state index in [1.54, 1.807) is 24.3 Å². The van der Waals surface area contributed by atoms with Crippen molar-refractivity contribution in [2.75, 3.05) is 23.8 Å². The van der Waals surface area contributed by atoms with Crippen molar-refractivity contribution in [3.8, 4) is 0 Å². The molecule has 25 heavy (non-hydrogen) atoms. The fourth-order valence-corrected chi connectivity index (χ4v) is 3.31. The van der Waals surface area contributed by atoms with Crippen LogP contribution in [-0.4, -0.2) is 47.9 Å². The summed E-state index contributed by atoms with van der Waals surface area (Å²) in [6.45, 7) is 2.70. The second-order valence-electron chi connectivity index (χ2n) is 6.51. The highest BCUT2D eigenvalue weighted by atomic mass is 16.5. The molecule has 0 spiro atoms. The first-order valence-electron chi connectivity index (χ1n) is 8.62. The third-order valence-electron chi connectivity index (χ3n) is 4.54. The Bertz CT molecular complexity index is 659. The summed E-state index contributed by atoms with van der Waals surface area (Å²) in [5, 5.41) is 5.42. The summed E-state index contributed by atoms with van der Waals surface area (Å²) in [6.07, 6.45) is 2.42. The number of ether oxygens (including phenoxy) is 1. The van der Waals surface area contributed by atoms with Crippen molar-refractivity contribution in [2.45, 2.75) is 44.8 Å². The van der Waals surface area contributed by atoms with E-state index in [1.165, 1.54) is 6.92 Å². The third kappa shape index (κ3) is 4.36. The van der Waals surface area contributed by atoms with Gasteiger partial charge in [-0.1, -0.05) is 0 Å². The van der Waals surface area contributed by atoms with Crippen LogP contribution in [-0.2, 0) is 19.1 Å². The van der Waals surface area contributed by atoms with Crippen molar-refractivity contribution in [1.29, 1.82) is 0 Å². The quantitative estimate of drug-likeness (QED) is 0.870. The average molecular weight is 345 g/mol.